The Kier molecular flexibility index (Phi) is 5.23. The molecule has 1 aromatic carbocycles. The van der Waals surface area contributed by atoms with Crippen molar-refractivity contribution in [3.05, 3.63) is 54.3 Å². The Hall–Kier alpha value is -2.96. The number of carbonyl (C=O) groups excluding carboxylic acids is 2. The van der Waals surface area contributed by atoms with E-state index in [1.165, 1.54) is 6.33 Å². The van der Waals surface area contributed by atoms with Gasteiger partial charge in [0, 0.05) is 12.2 Å². The third kappa shape index (κ3) is 3.93. The third-order valence-corrected chi connectivity index (χ3v) is 4.09. The van der Waals surface area contributed by atoms with Crippen LogP contribution in [0, 0.1) is 0 Å². The van der Waals surface area contributed by atoms with Gasteiger partial charge in [0.15, 0.2) is 6.61 Å². The van der Waals surface area contributed by atoms with Gasteiger partial charge in [0.05, 0.1) is 11.3 Å². The Morgan fingerprint density at radius 1 is 1.28 bits per heavy atom. The van der Waals surface area contributed by atoms with E-state index in [0.717, 1.165) is 30.6 Å². The molecule has 7 heteroatoms. The summed E-state index contributed by atoms with van der Waals surface area (Å²) in [7, 11) is 0. The molecular weight excluding hydrogens is 320 g/mol. The highest BCUT2D eigenvalue weighted by Crippen LogP contribution is 2.21. The smallest absolute Gasteiger partial charge is 0.338 e. The average molecular weight is 340 g/mol. The molecule has 1 amide bonds. The SMILES string of the molecule is CCN(C(=O)COC(=O)c1ccc(-n2cncn2)cc1)C1=CCCC1. The number of aromatic nitrogens is 3. The highest BCUT2D eigenvalue weighted by atomic mass is 16.5. The van der Waals surface area contributed by atoms with Gasteiger partial charge in [-0.15, -0.1) is 0 Å². The largest absolute Gasteiger partial charge is 0.452 e. The summed E-state index contributed by atoms with van der Waals surface area (Å²) in [6.45, 7) is 2.24. The van der Waals surface area contributed by atoms with Crippen LogP contribution >= 0.6 is 0 Å². The molecule has 1 heterocycles. The van der Waals surface area contributed by atoms with Crippen LogP contribution < -0.4 is 0 Å². The van der Waals surface area contributed by atoms with Crippen molar-refractivity contribution < 1.29 is 14.3 Å². The second kappa shape index (κ2) is 7.74. The van der Waals surface area contributed by atoms with Crippen molar-refractivity contribution in [3.63, 3.8) is 0 Å². The normalized spacial score (nSPS) is 13.4. The van der Waals surface area contributed by atoms with E-state index in [1.54, 1.807) is 40.2 Å². The molecule has 0 unspecified atom stereocenters. The lowest BCUT2D eigenvalue weighted by atomic mass is 10.2. The van der Waals surface area contributed by atoms with Crippen molar-refractivity contribution in [2.75, 3.05) is 13.2 Å². The molecule has 0 bridgehead atoms. The van der Waals surface area contributed by atoms with Gasteiger partial charge < -0.3 is 9.64 Å². The molecule has 1 aromatic heterocycles. The van der Waals surface area contributed by atoms with Crippen LogP contribution in [-0.2, 0) is 9.53 Å². The van der Waals surface area contributed by atoms with E-state index in [9.17, 15) is 9.59 Å². The molecular formula is C18H20N4O3. The predicted molar refractivity (Wildman–Crippen MR) is 91.0 cm³/mol. The van der Waals surface area contributed by atoms with Crippen molar-refractivity contribution in [3.8, 4) is 5.69 Å². The lowest BCUT2D eigenvalue weighted by molar-refractivity contribution is -0.132. The number of likely N-dealkylation sites (N-methyl/N-ethyl adjacent to an activating group) is 1. The first-order valence-electron chi connectivity index (χ1n) is 8.30. The summed E-state index contributed by atoms with van der Waals surface area (Å²) >= 11 is 0. The number of amides is 1. The van der Waals surface area contributed by atoms with Crippen LogP contribution in [0.1, 0.15) is 36.5 Å². The second-order valence-electron chi connectivity index (χ2n) is 5.69. The van der Waals surface area contributed by atoms with Gasteiger partial charge in [0.1, 0.15) is 12.7 Å². The zero-order chi connectivity index (χ0) is 17.6. The Morgan fingerprint density at radius 3 is 2.68 bits per heavy atom. The molecule has 3 rings (SSSR count). The van der Waals surface area contributed by atoms with Gasteiger partial charge in [0.2, 0.25) is 0 Å². The van der Waals surface area contributed by atoms with Crippen molar-refractivity contribution in [1.29, 1.82) is 0 Å². The first-order valence-corrected chi connectivity index (χ1v) is 8.30. The molecule has 0 aliphatic heterocycles. The van der Waals surface area contributed by atoms with Gasteiger partial charge in [-0.2, -0.15) is 5.10 Å². The van der Waals surface area contributed by atoms with Gasteiger partial charge >= 0.3 is 5.97 Å². The number of hydrogen-bond donors (Lipinski definition) is 0. The number of benzene rings is 1. The number of hydrogen-bond acceptors (Lipinski definition) is 5. The minimum absolute atomic E-state index is 0.191. The van der Waals surface area contributed by atoms with Crippen LogP contribution in [0.25, 0.3) is 5.69 Å². The first-order chi connectivity index (χ1) is 12.2. The van der Waals surface area contributed by atoms with Crippen LogP contribution in [0.15, 0.2) is 48.7 Å². The number of nitrogens with zero attached hydrogens (tertiary/aromatic N) is 4. The van der Waals surface area contributed by atoms with Crippen LogP contribution in [0.5, 0.6) is 0 Å². The fraction of sp³-hybridized carbons (Fsp3) is 0.333. The average Bonchev–Trinajstić information content (AvgIpc) is 3.34. The molecule has 1 aliphatic carbocycles. The molecule has 0 radical (unpaired) electrons. The molecule has 2 aromatic rings. The van der Waals surface area contributed by atoms with E-state index >= 15 is 0 Å². The zero-order valence-corrected chi connectivity index (χ0v) is 14.1. The number of ether oxygens (including phenoxy) is 1. The summed E-state index contributed by atoms with van der Waals surface area (Å²) < 4.78 is 6.76. The van der Waals surface area contributed by atoms with Gasteiger partial charge in [0.25, 0.3) is 5.91 Å². The van der Waals surface area contributed by atoms with Crippen molar-refractivity contribution in [1.82, 2.24) is 19.7 Å². The Labute approximate surface area is 145 Å². The Bertz CT molecular complexity index is 766. The standard InChI is InChI=1S/C18H20N4O3/c1-2-21(15-5-3-4-6-15)17(23)11-25-18(24)14-7-9-16(10-8-14)22-13-19-12-20-22/h5,7-10,12-13H,2-4,6,11H2,1H3. The quantitative estimate of drug-likeness (QED) is 0.754. The summed E-state index contributed by atoms with van der Waals surface area (Å²) in [6.07, 6.45) is 8.05. The maximum absolute atomic E-state index is 12.3. The summed E-state index contributed by atoms with van der Waals surface area (Å²) in [4.78, 5) is 30.0. The fourth-order valence-electron chi connectivity index (χ4n) is 2.82. The molecule has 130 valence electrons. The molecule has 0 saturated carbocycles. The molecule has 25 heavy (non-hydrogen) atoms. The van der Waals surface area contributed by atoms with Gasteiger partial charge in [-0.1, -0.05) is 6.08 Å². The van der Waals surface area contributed by atoms with Gasteiger partial charge in [-0.05, 0) is 50.5 Å². The van der Waals surface area contributed by atoms with Crippen molar-refractivity contribution >= 4 is 11.9 Å². The molecule has 0 saturated heterocycles. The molecule has 0 spiro atoms. The molecule has 0 atom stereocenters. The Balaban J connectivity index is 1.57. The molecule has 7 nitrogen and oxygen atoms in total. The summed E-state index contributed by atoms with van der Waals surface area (Å²) in [5.41, 5.74) is 2.20. The van der Waals surface area contributed by atoms with E-state index in [-0.39, 0.29) is 12.5 Å². The number of carbonyl (C=O) groups is 2. The van der Waals surface area contributed by atoms with Crippen LogP contribution in [0.2, 0.25) is 0 Å². The molecule has 0 fully saturated rings. The number of esters is 1. The minimum Gasteiger partial charge on any atom is -0.452 e. The van der Waals surface area contributed by atoms with E-state index in [4.69, 9.17) is 4.74 Å². The van der Waals surface area contributed by atoms with E-state index in [2.05, 4.69) is 16.2 Å². The second-order valence-corrected chi connectivity index (χ2v) is 5.69. The summed E-state index contributed by atoms with van der Waals surface area (Å²) in [5, 5.41) is 4.02. The van der Waals surface area contributed by atoms with E-state index < -0.39 is 5.97 Å². The van der Waals surface area contributed by atoms with Crippen LogP contribution in [-0.4, -0.2) is 44.7 Å². The third-order valence-electron chi connectivity index (χ3n) is 4.09. The molecule has 0 N–H and O–H groups in total. The first kappa shape index (κ1) is 16.9. The highest BCUT2D eigenvalue weighted by Gasteiger charge is 2.20. The van der Waals surface area contributed by atoms with Gasteiger partial charge in [-0.3, -0.25) is 4.79 Å². The highest BCUT2D eigenvalue weighted by molar-refractivity contribution is 5.91. The lowest BCUT2D eigenvalue weighted by Gasteiger charge is -2.22. The number of allylic oxidation sites excluding steroid dienone is 2. The zero-order valence-electron chi connectivity index (χ0n) is 14.1. The predicted octanol–water partition coefficient (Wildman–Crippen LogP) is 2.34. The fourth-order valence-corrected chi connectivity index (χ4v) is 2.82. The monoisotopic (exact) mass is 340 g/mol. The minimum atomic E-state index is -0.519. The van der Waals surface area contributed by atoms with Crippen molar-refractivity contribution in [2.24, 2.45) is 0 Å². The topological polar surface area (TPSA) is 77.3 Å². The lowest BCUT2D eigenvalue weighted by Crippen LogP contribution is -2.33. The molecule has 1 aliphatic rings. The Morgan fingerprint density at radius 2 is 2.08 bits per heavy atom. The van der Waals surface area contributed by atoms with Gasteiger partial charge in [-0.25, -0.2) is 14.5 Å². The maximum Gasteiger partial charge on any atom is 0.338 e. The van der Waals surface area contributed by atoms with E-state index in [0.29, 0.717) is 12.1 Å². The summed E-state index contributed by atoms with van der Waals surface area (Å²) in [6, 6.07) is 6.77. The summed E-state index contributed by atoms with van der Waals surface area (Å²) in [5.74, 6) is -0.710. The van der Waals surface area contributed by atoms with E-state index in [1.807, 2.05) is 6.92 Å². The van der Waals surface area contributed by atoms with Crippen LogP contribution in [0.4, 0.5) is 0 Å². The maximum atomic E-state index is 12.3. The van der Waals surface area contributed by atoms with Crippen LogP contribution in [0.3, 0.4) is 0 Å². The number of rotatable bonds is 6. The van der Waals surface area contributed by atoms with Crippen molar-refractivity contribution in [2.45, 2.75) is 26.2 Å².